The Morgan fingerprint density at radius 2 is 2.06 bits per heavy atom. The standard InChI is InChI=1S/C12H17NO2S/c1-14-10-6-5-9(8-11(10)15-2)16-12-4-3-7-13-12/h5-6,8,12-13H,3-4,7H2,1-2H3. The molecule has 0 aliphatic carbocycles. The van der Waals surface area contributed by atoms with Crippen molar-refractivity contribution in [1.29, 1.82) is 0 Å². The molecule has 1 fully saturated rings. The highest BCUT2D eigenvalue weighted by Crippen LogP contribution is 2.34. The summed E-state index contributed by atoms with van der Waals surface area (Å²) in [5.74, 6) is 1.58. The molecule has 1 aromatic carbocycles. The fraction of sp³-hybridized carbons (Fsp3) is 0.500. The summed E-state index contributed by atoms with van der Waals surface area (Å²) in [6.07, 6.45) is 2.50. The SMILES string of the molecule is COc1ccc(SC2CCCN2)cc1OC. The second kappa shape index (κ2) is 5.46. The zero-order valence-electron chi connectivity index (χ0n) is 9.66. The molecule has 0 saturated carbocycles. The summed E-state index contributed by atoms with van der Waals surface area (Å²) in [5, 5.41) is 4.00. The Hall–Kier alpha value is -0.870. The van der Waals surface area contributed by atoms with Crippen LogP contribution >= 0.6 is 11.8 Å². The molecule has 0 spiro atoms. The second-order valence-corrected chi connectivity index (χ2v) is 5.00. The first-order valence-corrected chi connectivity index (χ1v) is 6.33. The van der Waals surface area contributed by atoms with Gasteiger partial charge in [-0.2, -0.15) is 0 Å². The quantitative estimate of drug-likeness (QED) is 0.874. The van der Waals surface area contributed by atoms with Crippen molar-refractivity contribution in [3.63, 3.8) is 0 Å². The van der Waals surface area contributed by atoms with Gasteiger partial charge >= 0.3 is 0 Å². The molecule has 1 saturated heterocycles. The van der Waals surface area contributed by atoms with Crippen LogP contribution in [0.3, 0.4) is 0 Å². The summed E-state index contributed by atoms with van der Waals surface area (Å²) in [5.41, 5.74) is 0. The molecule has 16 heavy (non-hydrogen) atoms. The van der Waals surface area contributed by atoms with E-state index in [4.69, 9.17) is 9.47 Å². The van der Waals surface area contributed by atoms with E-state index in [0.29, 0.717) is 5.37 Å². The Morgan fingerprint density at radius 3 is 2.69 bits per heavy atom. The molecule has 0 radical (unpaired) electrons. The van der Waals surface area contributed by atoms with Gasteiger partial charge in [-0.3, -0.25) is 0 Å². The van der Waals surface area contributed by atoms with Crippen molar-refractivity contribution in [3.8, 4) is 11.5 Å². The normalized spacial score (nSPS) is 19.8. The van der Waals surface area contributed by atoms with Gasteiger partial charge in [-0.25, -0.2) is 0 Å². The summed E-state index contributed by atoms with van der Waals surface area (Å²) >= 11 is 1.85. The minimum absolute atomic E-state index is 0.540. The summed E-state index contributed by atoms with van der Waals surface area (Å²) < 4.78 is 10.5. The van der Waals surface area contributed by atoms with Gasteiger partial charge in [-0.15, -0.1) is 11.8 Å². The van der Waals surface area contributed by atoms with Gasteiger partial charge in [-0.05, 0) is 37.6 Å². The third-order valence-electron chi connectivity index (χ3n) is 2.65. The van der Waals surface area contributed by atoms with Crippen LogP contribution in [0.1, 0.15) is 12.8 Å². The van der Waals surface area contributed by atoms with E-state index < -0.39 is 0 Å². The Labute approximate surface area is 101 Å². The summed E-state index contributed by atoms with van der Waals surface area (Å²) in [4.78, 5) is 1.22. The Kier molecular flexibility index (Phi) is 3.96. The maximum Gasteiger partial charge on any atom is 0.161 e. The van der Waals surface area contributed by atoms with E-state index in [1.807, 2.05) is 23.9 Å². The van der Waals surface area contributed by atoms with E-state index in [-0.39, 0.29) is 0 Å². The molecular weight excluding hydrogens is 222 g/mol. The van der Waals surface area contributed by atoms with Crippen LogP contribution in [-0.4, -0.2) is 26.1 Å². The highest BCUT2D eigenvalue weighted by molar-refractivity contribution is 7.99. The lowest BCUT2D eigenvalue weighted by atomic mass is 10.3. The number of rotatable bonds is 4. The minimum Gasteiger partial charge on any atom is -0.493 e. The van der Waals surface area contributed by atoms with Crippen molar-refractivity contribution in [2.45, 2.75) is 23.1 Å². The molecule has 0 amide bonds. The van der Waals surface area contributed by atoms with Crippen LogP contribution in [0.25, 0.3) is 0 Å². The van der Waals surface area contributed by atoms with Crippen molar-refractivity contribution >= 4 is 11.8 Å². The van der Waals surface area contributed by atoms with Crippen LogP contribution in [-0.2, 0) is 0 Å². The molecule has 3 nitrogen and oxygen atoms in total. The Balaban J connectivity index is 2.09. The summed E-state index contributed by atoms with van der Waals surface area (Å²) in [6, 6.07) is 6.06. The molecule has 88 valence electrons. The third kappa shape index (κ3) is 2.62. The molecule has 0 aromatic heterocycles. The molecule has 0 bridgehead atoms. The topological polar surface area (TPSA) is 30.5 Å². The molecule has 4 heteroatoms. The highest BCUT2D eigenvalue weighted by atomic mass is 32.2. The van der Waals surface area contributed by atoms with Gasteiger partial charge in [0.25, 0.3) is 0 Å². The molecule has 1 heterocycles. The van der Waals surface area contributed by atoms with Gasteiger partial charge in [-0.1, -0.05) is 0 Å². The Morgan fingerprint density at radius 1 is 1.25 bits per heavy atom. The van der Waals surface area contributed by atoms with E-state index in [0.717, 1.165) is 18.0 Å². The first kappa shape index (κ1) is 11.6. The monoisotopic (exact) mass is 239 g/mol. The van der Waals surface area contributed by atoms with Crippen LogP contribution in [0, 0.1) is 0 Å². The molecule has 1 unspecified atom stereocenters. The number of methoxy groups -OCH3 is 2. The van der Waals surface area contributed by atoms with Crippen LogP contribution in [0.15, 0.2) is 23.1 Å². The summed E-state index contributed by atoms with van der Waals surface area (Å²) in [6.45, 7) is 1.13. The first-order chi connectivity index (χ1) is 7.83. The zero-order valence-corrected chi connectivity index (χ0v) is 10.5. The van der Waals surface area contributed by atoms with Crippen molar-refractivity contribution in [3.05, 3.63) is 18.2 Å². The molecule has 2 rings (SSSR count). The average molecular weight is 239 g/mol. The van der Waals surface area contributed by atoms with Crippen LogP contribution in [0.5, 0.6) is 11.5 Å². The first-order valence-electron chi connectivity index (χ1n) is 5.45. The van der Waals surface area contributed by atoms with Crippen molar-refractivity contribution in [2.75, 3.05) is 20.8 Å². The lowest BCUT2D eigenvalue weighted by Crippen LogP contribution is -2.16. The molecule has 1 aromatic rings. The van der Waals surface area contributed by atoms with Crippen LogP contribution in [0.4, 0.5) is 0 Å². The molecule has 1 aliphatic heterocycles. The number of ether oxygens (including phenoxy) is 2. The number of hydrogen-bond donors (Lipinski definition) is 1. The molecule has 1 aliphatic rings. The van der Waals surface area contributed by atoms with Gasteiger partial charge in [0.2, 0.25) is 0 Å². The van der Waals surface area contributed by atoms with E-state index in [2.05, 4.69) is 11.4 Å². The maximum absolute atomic E-state index is 5.28. The second-order valence-electron chi connectivity index (χ2n) is 3.72. The van der Waals surface area contributed by atoms with Crippen molar-refractivity contribution in [1.82, 2.24) is 5.32 Å². The van der Waals surface area contributed by atoms with Crippen LogP contribution in [0.2, 0.25) is 0 Å². The molecular formula is C12H17NO2S. The highest BCUT2D eigenvalue weighted by Gasteiger charge is 2.15. The number of benzene rings is 1. The number of thioether (sulfide) groups is 1. The smallest absolute Gasteiger partial charge is 0.161 e. The van der Waals surface area contributed by atoms with E-state index in [9.17, 15) is 0 Å². The van der Waals surface area contributed by atoms with E-state index in [1.54, 1.807) is 14.2 Å². The maximum atomic E-state index is 5.28. The fourth-order valence-electron chi connectivity index (χ4n) is 1.81. The fourth-order valence-corrected chi connectivity index (χ4v) is 2.94. The van der Waals surface area contributed by atoms with Gasteiger partial charge in [0, 0.05) is 4.90 Å². The van der Waals surface area contributed by atoms with Gasteiger partial charge in [0.15, 0.2) is 11.5 Å². The molecule has 1 N–H and O–H groups in total. The largest absolute Gasteiger partial charge is 0.493 e. The number of nitrogens with one attached hydrogen (secondary N) is 1. The minimum atomic E-state index is 0.540. The van der Waals surface area contributed by atoms with E-state index in [1.165, 1.54) is 17.7 Å². The Bertz CT molecular complexity index is 351. The predicted molar refractivity (Wildman–Crippen MR) is 66.4 cm³/mol. The number of hydrogen-bond acceptors (Lipinski definition) is 4. The predicted octanol–water partition coefficient (Wildman–Crippen LogP) is 2.51. The van der Waals surface area contributed by atoms with E-state index >= 15 is 0 Å². The zero-order chi connectivity index (χ0) is 11.4. The van der Waals surface area contributed by atoms with Crippen molar-refractivity contribution < 1.29 is 9.47 Å². The van der Waals surface area contributed by atoms with Crippen LogP contribution < -0.4 is 14.8 Å². The lowest BCUT2D eigenvalue weighted by Gasteiger charge is -2.12. The van der Waals surface area contributed by atoms with Gasteiger partial charge < -0.3 is 14.8 Å². The lowest BCUT2D eigenvalue weighted by molar-refractivity contribution is 0.354. The third-order valence-corrected chi connectivity index (χ3v) is 3.86. The summed E-state index contributed by atoms with van der Waals surface area (Å²) in [7, 11) is 3.32. The van der Waals surface area contributed by atoms with Crippen molar-refractivity contribution in [2.24, 2.45) is 0 Å². The van der Waals surface area contributed by atoms with Gasteiger partial charge in [0.05, 0.1) is 19.6 Å². The van der Waals surface area contributed by atoms with Gasteiger partial charge in [0.1, 0.15) is 0 Å². The average Bonchev–Trinajstić information content (AvgIpc) is 2.81. The molecule has 1 atom stereocenters.